The zero-order valence-electron chi connectivity index (χ0n) is 11.5. The van der Waals surface area contributed by atoms with E-state index in [1.54, 1.807) is 7.05 Å². The minimum Gasteiger partial charge on any atom is -0.316 e. The quantitative estimate of drug-likeness (QED) is 0.875. The largest absolute Gasteiger partial charge is 0.316 e. The molecule has 1 nitrogen and oxygen atoms in total. The molecule has 2 aromatic rings. The molecule has 0 saturated carbocycles. The Morgan fingerprint density at radius 1 is 1.05 bits per heavy atom. The Kier molecular flexibility index (Phi) is 5.26. The molecule has 1 unspecified atom stereocenters. The van der Waals surface area contributed by atoms with Crippen LogP contribution in [-0.4, -0.2) is 13.1 Å². The highest BCUT2D eigenvalue weighted by Gasteiger charge is 2.15. The van der Waals surface area contributed by atoms with Crippen molar-refractivity contribution in [2.45, 2.75) is 18.9 Å². The van der Waals surface area contributed by atoms with E-state index in [0.717, 1.165) is 6.07 Å². The van der Waals surface area contributed by atoms with Gasteiger partial charge in [-0.05, 0) is 55.3 Å². The SMILES string of the molecule is CNC(Cc1cc(F)ccc1Cl)Cc1cccc(F)c1F. The van der Waals surface area contributed by atoms with Crippen LogP contribution >= 0.6 is 11.6 Å². The van der Waals surface area contributed by atoms with Crippen LogP contribution in [0.3, 0.4) is 0 Å². The lowest BCUT2D eigenvalue weighted by Gasteiger charge is -2.17. The average molecular weight is 314 g/mol. The van der Waals surface area contributed by atoms with Crippen LogP contribution in [-0.2, 0) is 12.8 Å². The molecule has 0 fully saturated rings. The molecule has 1 atom stereocenters. The Hall–Kier alpha value is -1.52. The number of nitrogens with one attached hydrogen (secondary N) is 1. The van der Waals surface area contributed by atoms with Crippen LogP contribution in [0.5, 0.6) is 0 Å². The molecule has 2 rings (SSSR count). The number of hydrogen-bond donors (Lipinski definition) is 1. The standard InChI is InChI=1S/C16H15ClF3N/c1-21-13(8-10-3-2-4-15(19)16(10)20)9-11-7-12(18)5-6-14(11)17/h2-7,13,21H,8-9H2,1H3. The van der Waals surface area contributed by atoms with E-state index in [0.29, 0.717) is 17.0 Å². The second kappa shape index (κ2) is 6.96. The molecule has 0 bridgehead atoms. The summed E-state index contributed by atoms with van der Waals surface area (Å²) in [4.78, 5) is 0. The van der Waals surface area contributed by atoms with Gasteiger partial charge in [-0.3, -0.25) is 0 Å². The second-order valence-corrected chi connectivity index (χ2v) is 5.25. The van der Waals surface area contributed by atoms with Gasteiger partial charge in [-0.25, -0.2) is 13.2 Å². The Balaban J connectivity index is 2.17. The van der Waals surface area contributed by atoms with Crippen molar-refractivity contribution in [3.63, 3.8) is 0 Å². The molecule has 0 aliphatic carbocycles. The second-order valence-electron chi connectivity index (χ2n) is 4.84. The lowest BCUT2D eigenvalue weighted by molar-refractivity contribution is 0.482. The van der Waals surface area contributed by atoms with Crippen LogP contribution in [0.1, 0.15) is 11.1 Å². The molecule has 0 aliphatic heterocycles. The minimum atomic E-state index is -0.869. The van der Waals surface area contributed by atoms with E-state index in [1.807, 2.05) is 0 Å². The summed E-state index contributed by atoms with van der Waals surface area (Å²) in [6, 6.07) is 8.03. The van der Waals surface area contributed by atoms with E-state index in [4.69, 9.17) is 11.6 Å². The summed E-state index contributed by atoms with van der Waals surface area (Å²) in [6.07, 6.45) is 0.704. The number of rotatable bonds is 5. The van der Waals surface area contributed by atoms with Crippen molar-refractivity contribution in [1.82, 2.24) is 5.32 Å². The molecule has 0 amide bonds. The van der Waals surface area contributed by atoms with Gasteiger partial charge >= 0.3 is 0 Å². The van der Waals surface area contributed by atoms with Gasteiger partial charge in [-0.1, -0.05) is 23.7 Å². The first kappa shape index (κ1) is 15.9. The third kappa shape index (κ3) is 3.99. The molecular formula is C16H15ClF3N. The fourth-order valence-electron chi connectivity index (χ4n) is 2.21. The summed E-state index contributed by atoms with van der Waals surface area (Å²) in [7, 11) is 1.72. The average Bonchev–Trinajstić information content (AvgIpc) is 2.46. The minimum absolute atomic E-state index is 0.180. The van der Waals surface area contributed by atoms with E-state index in [9.17, 15) is 13.2 Å². The van der Waals surface area contributed by atoms with Crippen LogP contribution in [0.2, 0.25) is 5.02 Å². The Bertz CT molecular complexity index is 627. The molecule has 1 N–H and O–H groups in total. The summed E-state index contributed by atoms with van der Waals surface area (Å²) in [5.41, 5.74) is 0.912. The van der Waals surface area contributed by atoms with Gasteiger partial charge in [0.2, 0.25) is 0 Å². The van der Waals surface area contributed by atoms with Crippen LogP contribution in [0, 0.1) is 17.5 Å². The molecule has 0 spiro atoms. The fraction of sp³-hybridized carbons (Fsp3) is 0.250. The van der Waals surface area contributed by atoms with Gasteiger partial charge < -0.3 is 5.32 Å². The van der Waals surface area contributed by atoms with Gasteiger partial charge in [0.1, 0.15) is 5.82 Å². The summed E-state index contributed by atoms with van der Waals surface area (Å²) in [5.74, 6) is -2.09. The third-order valence-corrected chi connectivity index (χ3v) is 3.75. The number of halogens is 4. The molecule has 2 aromatic carbocycles. The van der Waals surface area contributed by atoms with Crippen molar-refractivity contribution in [3.05, 3.63) is 70.0 Å². The van der Waals surface area contributed by atoms with Gasteiger partial charge in [0, 0.05) is 11.1 Å². The molecule has 21 heavy (non-hydrogen) atoms. The highest BCUT2D eigenvalue weighted by atomic mass is 35.5. The first-order valence-electron chi connectivity index (χ1n) is 6.55. The molecule has 0 heterocycles. The Morgan fingerprint density at radius 2 is 1.76 bits per heavy atom. The van der Waals surface area contributed by atoms with E-state index < -0.39 is 11.6 Å². The maximum Gasteiger partial charge on any atom is 0.162 e. The topological polar surface area (TPSA) is 12.0 Å². The summed E-state index contributed by atoms with van der Waals surface area (Å²) in [6.45, 7) is 0. The number of benzene rings is 2. The van der Waals surface area contributed by atoms with Gasteiger partial charge in [0.15, 0.2) is 11.6 Å². The van der Waals surface area contributed by atoms with Crippen molar-refractivity contribution in [3.8, 4) is 0 Å². The van der Waals surface area contributed by atoms with Gasteiger partial charge in [-0.2, -0.15) is 0 Å². The Morgan fingerprint density at radius 3 is 2.48 bits per heavy atom. The van der Waals surface area contributed by atoms with Crippen LogP contribution in [0.15, 0.2) is 36.4 Å². The van der Waals surface area contributed by atoms with Crippen molar-refractivity contribution < 1.29 is 13.2 Å². The van der Waals surface area contributed by atoms with Crippen molar-refractivity contribution >= 4 is 11.6 Å². The molecule has 5 heteroatoms. The van der Waals surface area contributed by atoms with Gasteiger partial charge in [0.05, 0.1) is 0 Å². The highest BCUT2D eigenvalue weighted by molar-refractivity contribution is 6.31. The summed E-state index contributed by atoms with van der Waals surface area (Å²) >= 11 is 6.03. The molecule has 0 saturated heterocycles. The summed E-state index contributed by atoms with van der Waals surface area (Å²) in [5, 5.41) is 3.48. The monoisotopic (exact) mass is 313 g/mol. The Labute approximate surface area is 126 Å². The molecule has 112 valence electrons. The van der Waals surface area contributed by atoms with Crippen LogP contribution in [0.25, 0.3) is 0 Å². The van der Waals surface area contributed by atoms with Gasteiger partial charge in [-0.15, -0.1) is 0 Å². The maximum atomic E-state index is 13.7. The van der Waals surface area contributed by atoms with E-state index in [1.165, 1.54) is 30.3 Å². The lowest BCUT2D eigenvalue weighted by atomic mass is 9.98. The predicted octanol–water partition coefficient (Wildman–Crippen LogP) is 4.13. The van der Waals surface area contributed by atoms with Crippen molar-refractivity contribution in [2.75, 3.05) is 7.05 Å². The van der Waals surface area contributed by atoms with Crippen molar-refractivity contribution in [1.29, 1.82) is 0 Å². The predicted molar refractivity (Wildman–Crippen MR) is 78.0 cm³/mol. The first-order chi connectivity index (χ1) is 10.0. The van der Waals surface area contributed by atoms with E-state index in [2.05, 4.69) is 5.32 Å². The highest BCUT2D eigenvalue weighted by Crippen LogP contribution is 2.21. The van der Waals surface area contributed by atoms with Crippen LogP contribution in [0.4, 0.5) is 13.2 Å². The van der Waals surface area contributed by atoms with E-state index >= 15 is 0 Å². The molecule has 0 radical (unpaired) electrons. The zero-order chi connectivity index (χ0) is 15.4. The van der Waals surface area contributed by atoms with Crippen LogP contribution < -0.4 is 5.32 Å². The lowest BCUT2D eigenvalue weighted by Crippen LogP contribution is -2.30. The third-order valence-electron chi connectivity index (χ3n) is 3.38. The molecule has 0 aliphatic rings. The maximum absolute atomic E-state index is 13.7. The molecular weight excluding hydrogens is 299 g/mol. The molecule has 0 aromatic heterocycles. The van der Waals surface area contributed by atoms with Gasteiger partial charge in [0.25, 0.3) is 0 Å². The normalized spacial score (nSPS) is 12.4. The zero-order valence-corrected chi connectivity index (χ0v) is 12.2. The smallest absolute Gasteiger partial charge is 0.162 e. The fourth-order valence-corrected chi connectivity index (χ4v) is 2.41. The number of likely N-dealkylation sites (N-methyl/N-ethyl adjacent to an activating group) is 1. The van der Waals surface area contributed by atoms with Crippen molar-refractivity contribution in [2.24, 2.45) is 0 Å². The summed E-state index contributed by atoms with van der Waals surface area (Å²) < 4.78 is 40.2. The number of hydrogen-bond acceptors (Lipinski definition) is 1. The first-order valence-corrected chi connectivity index (χ1v) is 6.93. The van der Waals surface area contributed by atoms with E-state index in [-0.39, 0.29) is 23.8 Å².